The van der Waals surface area contributed by atoms with E-state index in [0.717, 1.165) is 29.7 Å². The van der Waals surface area contributed by atoms with Gasteiger partial charge in [-0.3, -0.25) is 0 Å². The minimum Gasteiger partial charge on any atom is -0.477 e. The number of aromatic nitrogens is 1. The van der Waals surface area contributed by atoms with E-state index in [9.17, 15) is 4.79 Å². The highest BCUT2D eigenvalue weighted by molar-refractivity contribution is 7.17. The molecule has 3 rings (SSSR count). The van der Waals surface area contributed by atoms with Crippen LogP contribution in [0.1, 0.15) is 53.4 Å². The summed E-state index contributed by atoms with van der Waals surface area (Å²) in [7, 11) is 0. The van der Waals surface area contributed by atoms with Gasteiger partial charge in [0, 0.05) is 12.2 Å². The average Bonchev–Trinajstić information content (AvgIpc) is 3.25. The van der Waals surface area contributed by atoms with E-state index in [4.69, 9.17) is 5.11 Å². The fourth-order valence-electron chi connectivity index (χ4n) is 2.78. The van der Waals surface area contributed by atoms with Crippen LogP contribution in [-0.4, -0.2) is 22.6 Å². The van der Waals surface area contributed by atoms with Gasteiger partial charge in [0.2, 0.25) is 0 Å². The van der Waals surface area contributed by atoms with Gasteiger partial charge in [-0.1, -0.05) is 24.3 Å². The quantitative estimate of drug-likeness (QED) is 0.856. The van der Waals surface area contributed by atoms with Gasteiger partial charge < -0.3 is 10.0 Å². The topological polar surface area (TPSA) is 53.4 Å². The van der Waals surface area contributed by atoms with Crippen molar-refractivity contribution in [2.75, 3.05) is 11.4 Å². The molecule has 0 saturated heterocycles. The van der Waals surface area contributed by atoms with Gasteiger partial charge in [-0.25, -0.2) is 9.78 Å². The second kappa shape index (κ2) is 6.08. The van der Waals surface area contributed by atoms with Crippen LogP contribution in [0.5, 0.6) is 0 Å². The zero-order chi connectivity index (χ0) is 15.7. The maximum absolute atomic E-state index is 11.0. The molecule has 1 fully saturated rings. The highest BCUT2D eigenvalue weighted by atomic mass is 32.1. The van der Waals surface area contributed by atoms with Gasteiger partial charge in [-0.2, -0.15) is 0 Å². The largest absolute Gasteiger partial charge is 0.477 e. The van der Waals surface area contributed by atoms with E-state index in [1.807, 2.05) is 0 Å². The molecule has 0 bridgehead atoms. The average molecular weight is 316 g/mol. The molecule has 2 aromatic rings. The molecule has 0 unspecified atom stereocenters. The number of carboxylic acids is 1. The molecular weight excluding hydrogens is 296 g/mol. The summed E-state index contributed by atoms with van der Waals surface area (Å²) in [5, 5.41) is 9.80. The Hall–Kier alpha value is -1.88. The van der Waals surface area contributed by atoms with Crippen molar-refractivity contribution < 1.29 is 9.90 Å². The first-order chi connectivity index (χ1) is 10.6. The maximum Gasteiger partial charge on any atom is 0.347 e. The lowest BCUT2D eigenvalue weighted by molar-refractivity contribution is 0.0702. The summed E-state index contributed by atoms with van der Waals surface area (Å²) in [4.78, 5) is 17.7. The van der Waals surface area contributed by atoms with E-state index in [0.29, 0.717) is 0 Å². The predicted molar refractivity (Wildman–Crippen MR) is 89.5 cm³/mol. The number of aryl methyl sites for hydroxylation is 1. The second-order valence-electron chi connectivity index (χ2n) is 5.57. The van der Waals surface area contributed by atoms with Crippen molar-refractivity contribution >= 4 is 28.1 Å². The molecular formula is C17H20N2O2S. The molecule has 1 N–H and O–H groups in total. The number of rotatable bonds is 6. The number of carbonyl (C=O) groups is 1. The zero-order valence-electron chi connectivity index (χ0n) is 12.9. The summed E-state index contributed by atoms with van der Waals surface area (Å²) in [6.07, 6.45) is 5.07. The van der Waals surface area contributed by atoms with Crippen LogP contribution < -0.4 is 4.90 Å². The number of thiazole rings is 1. The minimum atomic E-state index is -0.918. The Bertz CT molecular complexity index is 692. The van der Waals surface area contributed by atoms with Crippen LogP contribution in [-0.2, 0) is 6.42 Å². The Morgan fingerprint density at radius 2 is 2.18 bits per heavy atom. The molecule has 0 aliphatic heterocycles. The number of aromatic carboxylic acids is 1. The van der Waals surface area contributed by atoms with Gasteiger partial charge in [0.25, 0.3) is 0 Å². The van der Waals surface area contributed by atoms with E-state index >= 15 is 0 Å². The molecule has 1 aliphatic carbocycles. The van der Waals surface area contributed by atoms with Crippen molar-refractivity contribution in [3.05, 3.63) is 40.4 Å². The number of carboxylic acid groups (broad SMARTS) is 1. The Morgan fingerprint density at radius 3 is 2.73 bits per heavy atom. The number of nitrogens with zero attached hydrogens (tertiary/aromatic N) is 2. The fourth-order valence-corrected chi connectivity index (χ4v) is 3.62. The summed E-state index contributed by atoms with van der Waals surface area (Å²) in [5.41, 5.74) is 3.97. The number of hydrogen-bond acceptors (Lipinski definition) is 4. The van der Waals surface area contributed by atoms with E-state index in [-0.39, 0.29) is 4.88 Å². The lowest BCUT2D eigenvalue weighted by Crippen LogP contribution is -2.16. The van der Waals surface area contributed by atoms with Crippen LogP contribution in [0.3, 0.4) is 0 Å². The normalized spacial score (nSPS) is 14.1. The smallest absolute Gasteiger partial charge is 0.347 e. The van der Waals surface area contributed by atoms with E-state index in [1.165, 1.54) is 41.5 Å². The highest BCUT2D eigenvalue weighted by Gasteiger charge is 2.26. The second-order valence-corrected chi connectivity index (χ2v) is 6.58. The van der Waals surface area contributed by atoms with Crippen LogP contribution in [0.4, 0.5) is 10.8 Å². The van der Waals surface area contributed by atoms with Crippen LogP contribution in [0.2, 0.25) is 0 Å². The van der Waals surface area contributed by atoms with Crippen molar-refractivity contribution in [3.63, 3.8) is 0 Å². The lowest BCUT2D eigenvalue weighted by Gasteiger charge is -2.21. The molecule has 1 aromatic heterocycles. The standard InChI is InChI=1S/C17H20N2O2S/c1-3-11-9-13(7-8-14(11)12-5-6-12)19(4-2)17-18-10-15(22-17)16(20)21/h7-10,12H,3-6H2,1-2H3,(H,20,21). The van der Waals surface area contributed by atoms with Gasteiger partial charge in [0.05, 0.1) is 6.20 Å². The van der Waals surface area contributed by atoms with Gasteiger partial charge in [-0.05, 0) is 55.4 Å². The van der Waals surface area contributed by atoms with Crippen molar-refractivity contribution in [1.82, 2.24) is 4.98 Å². The SMILES string of the molecule is CCc1cc(N(CC)c2ncc(C(=O)O)s2)ccc1C1CC1. The van der Waals surface area contributed by atoms with E-state index in [2.05, 4.69) is 41.9 Å². The highest BCUT2D eigenvalue weighted by Crippen LogP contribution is 2.43. The molecule has 1 saturated carbocycles. The first-order valence-corrected chi connectivity index (χ1v) is 8.55. The van der Waals surface area contributed by atoms with Crippen LogP contribution in [0.15, 0.2) is 24.4 Å². The first-order valence-electron chi connectivity index (χ1n) is 7.73. The summed E-state index contributed by atoms with van der Waals surface area (Å²) < 4.78 is 0. The maximum atomic E-state index is 11.0. The van der Waals surface area contributed by atoms with Crippen molar-refractivity contribution in [3.8, 4) is 0 Å². The lowest BCUT2D eigenvalue weighted by atomic mass is 10.00. The number of hydrogen-bond donors (Lipinski definition) is 1. The van der Waals surface area contributed by atoms with Gasteiger partial charge in [0.15, 0.2) is 5.13 Å². The number of benzene rings is 1. The molecule has 1 heterocycles. The molecule has 4 nitrogen and oxygen atoms in total. The van der Waals surface area contributed by atoms with Crippen molar-refractivity contribution in [2.45, 2.75) is 39.0 Å². The van der Waals surface area contributed by atoms with Crippen molar-refractivity contribution in [1.29, 1.82) is 0 Å². The monoisotopic (exact) mass is 316 g/mol. The van der Waals surface area contributed by atoms with Crippen LogP contribution in [0.25, 0.3) is 0 Å². The summed E-state index contributed by atoms with van der Waals surface area (Å²) in [6, 6.07) is 6.61. The predicted octanol–water partition coefficient (Wildman–Crippen LogP) is 4.44. The Kier molecular flexibility index (Phi) is 4.16. The van der Waals surface area contributed by atoms with E-state index < -0.39 is 5.97 Å². The fraction of sp³-hybridized carbons (Fsp3) is 0.412. The Labute approximate surface area is 134 Å². The molecule has 0 amide bonds. The molecule has 5 heteroatoms. The van der Waals surface area contributed by atoms with Crippen LogP contribution >= 0.6 is 11.3 Å². The minimum absolute atomic E-state index is 0.277. The number of anilines is 2. The summed E-state index contributed by atoms with van der Waals surface area (Å²) >= 11 is 1.22. The van der Waals surface area contributed by atoms with Gasteiger partial charge in [-0.15, -0.1) is 0 Å². The molecule has 1 aliphatic rings. The molecule has 0 spiro atoms. The summed E-state index contributed by atoms with van der Waals surface area (Å²) in [6.45, 7) is 5.01. The van der Waals surface area contributed by atoms with Gasteiger partial charge >= 0.3 is 5.97 Å². The molecule has 22 heavy (non-hydrogen) atoms. The first kappa shape index (κ1) is 15.0. The third-order valence-corrected chi connectivity index (χ3v) is 5.10. The Morgan fingerprint density at radius 1 is 1.41 bits per heavy atom. The molecule has 0 radical (unpaired) electrons. The van der Waals surface area contributed by atoms with Gasteiger partial charge in [0.1, 0.15) is 4.88 Å². The van der Waals surface area contributed by atoms with Crippen LogP contribution in [0, 0.1) is 0 Å². The van der Waals surface area contributed by atoms with E-state index in [1.54, 1.807) is 0 Å². The molecule has 0 atom stereocenters. The zero-order valence-corrected chi connectivity index (χ0v) is 13.7. The molecule has 116 valence electrons. The third-order valence-electron chi connectivity index (χ3n) is 4.09. The summed E-state index contributed by atoms with van der Waals surface area (Å²) in [5.74, 6) is -0.171. The molecule has 1 aromatic carbocycles. The Balaban J connectivity index is 1.93. The van der Waals surface area contributed by atoms with Crippen molar-refractivity contribution in [2.24, 2.45) is 0 Å². The third kappa shape index (κ3) is 2.86.